The van der Waals surface area contributed by atoms with Crippen molar-refractivity contribution in [2.75, 3.05) is 11.9 Å². The van der Waals surface area contributed by atoms with Crippen molar-refractivity contribution in [3.8, 4) is 10.6 Å². The molecule has 1 unspecified atom stereocenters. The zero-order valence-corrected chi connectivity index (χ0v) is 18.6. The van der Waals surface area contributed by atoms with Crippen molar-refractivity contribution in [1.29, 1.82) is 0 Å². The predicted molar refractivity (Wildman–Crippen MR) is 122 cm³/mol. The Kier molecular flexibility index (Phi) is 6.44. The van der Waals surface area contributed by atoms with E-state index in [1.165, 1.54) is 0 Å². The van der Waals surface area contributed by atoms with Gasteiger partial charge in [0.25, 0.3) is 0 Å². The summed E-state index contributed by atoms with van der Waals surface area (Å²) in [5, 5.41) is 8.69. The van der Waals surface area contributed by atoms with E-state index in [2.05, 4.69) is 31.5 Å². The molecule has 0 saturated carbocycles. The number of benzene rings is 2. The van der Waals surface area contributed by atoms with Crippen LogP contribution in [0.25, 0.3) is 10.6 Å². The number of likely N-dealkylation sites (tertiary alicyclic amines) is 1. The molecule has 6 nitrogen and oxygen atoms in total. The van der Waals surface area contributed by atoms with Gasteiger partial charge in [-0.25, -0.2) is 9.78 Å². The van der Waals surface area contributed by atoms with E-state index in [9.17, 15) is 9.59 Å². The summed E-state index contributed by atoms with van der Waals surface area (Å²) in [5.41, 5.74) is 2.57. The number of amides is 3. The Labute approximate surface area is 187 Å². The Morgan fingerprint density at radius 3 is 2.80 bits per heavy atom. The molecule has 1 aromatic heterocycles. The second-order valence-electron chi connectivity index (χ2n) is 7.02. The number of anilines is 1. The standard InChI is InChI=1S/C22H21BrN4O2S/c23-16-8-4-9-17(12-16)26-22(29)27-11-5-10-19(27)20(28)24-13-18-14-30-21(25-18)15-6-2-1-3-7-15/h1-4,6-9,12,14,19H,5,10-11,13H2,(H,24,28)(H,26,29). The molecule has 2 N–H and O–H groups in total. The number of rotatable bonds is 5. The van der Waals surface area contributed by atoms with Gasteiger partial charge in [0, 0.05) is 27.6 Å². The number of halogens is 1. The average molecular weight is 485 g/mol. The van der Waals surface area contributed by atoms with Gasteiger partial charge in [-0.15, -0.1) is 11.3 Å². The first kappa shape index (κ1) is 20.6. The maximum atomic E-state index is 12.8. The third-order valence-corrected chi connectivity index (χ3v) is 6.34. The zero-order chi connectivity index (χ0) is 20.9. The molecule has 0 bridgehead atoms. The Morgan fingerprint density at radius 2 is 2.00 bits per heavy atom. The SMILES string of the molecule is O=C(NCc1csc(-c2ccccc2)n1)C1CCCN1C(=O)Nc1cccc(Br)c1. The van der Waals surface area contributed by atoms with Gasteiger partial charge in [0.15, 0.2) is 0 Å². The van der Waals surface area contributed by atoms with Crippen LogP contribution >= 0.6 is 27.3 Å². The summed E-state index contributed by atoms with van der Waals surface area (Å²) in [5.74, 6) is -0.147. The van der Waals surface area contributed by atoms with Crippen LogP contribution in [-0.2, 0) is 11.3 Å². The largest absolute Gasteiger partial charge is 0.349 e. The first-order valence-electron chi connectivity index (χ1n) is 9.71. The van der Waals surface area contributed by atoms with E-state index >= 15 is 0 Å². The van der Waals surface area contributed by atoms with Crippen LogP contribution < -0.4 is 10.6 Å². The fraction of sp³-hybridized carbons (Fsp3) is 0.227. The van der Waals surface area contributed by atoms with Crippen LogP contribution in [0.2, 0.25) is 0 Å². The summed E-state index contributed by atoms with van der Waals surface area (Å²) < 4.78 is 0.883. The van der Waals surface area contributed by atoms with Crippen molar-refractivity contribution < 1.29 is 9.59 Å². The maximum Gasteiger partial charge on any atom is 0.322 e. The van der Waals surface area contributed by atoms with E-state index in [1.807, 2.05) is 60.0 Å². The van der Waals surface area contributed by atoms with Crippen LogP contribution in [-0.4, -0.2) is 34.4 Å². The van der Waals surface area contributed by atoms with Gasteiger partial charge in [-0.05, 0) is 31.0 Å². The molecule has 0 radical (unpaired) electrons. The van der Waals surface area contributed by atoms with Crippen LogP contribution in [0.4, 0.5) is 10.5 Å². The summed E-state index contributed by atoms with van der Waals surface area (Å²) in [4.78, 5) is 31.6. The molecule has 1 atom stereocenters. The molecule has 3 amide bonds. The summed E-state index contributed by atoms with van der Waals surface area (Å²) >= 11 is 4.95. The molecule has 1 fully saturated rings. The Hall–Kier alpha value is -2.71. The highest BCUT2D eigenvalue weighted by molar-refractivity contribution is 9.10. The number of aromatic nitrogens is 1. The molecule has 8 heteroatoms. The maximum absolute atomic E-state index is 12.8. The molecular weight excluding hydrogens is 464 g/mol. The average Bonchev–Trinajstić information content (AvgIpc) is 3.43. The Morgan fingerprint density at radius 1 is 1.17 bits per heavy atom. The molecule has 30 heavy (non-hydrogen) atoms. The second-order valence-corrected chi connectivity index (χ2v) is 8.79. The molecule has 1 aliphatic rings. The third-order valence-electron chi connectivity index (χ3n) is 4.91. The molecule has 4 rings (SSSR count). The van der Waals surface area contributed by atoms with E-state index in [4.69, 9.17) is 0 Å². The van der Waals surface area contributed by atoms with E-state index in [-0.39, 0.29) is 11.9 Å². The summed E-state index contributed by atoms with van der Waals surface area (Å²) in [6.07, 6.45) is 1.46. The lowest BCUT2D eigenvalue weighted by atomic mass is 10.2. The normalized spacial score (nSPS) is 15.8. The molecule has 3 aromatic rings. The molecule has 2 heterocycles. The van der Waals surface area contributed by atoms with Gasteiger partial charge in [-0.3, -0.25) is 4.79 Å². The number of hydrogen-bond donors (Lipinski definition) is 2. The van der Waals surface area contributed by atoms with Crippen LogP contribution in [0.3, 0.4) is 0 Å². The highest BCUT2D eigenvalue weighted by Gasteiger charge is 2.34. The van der Waals surface area contributed by atoms with Gasteiger partial charge in [-0.1, -0.05) is 52.3 Å². The van der Waals surface area contributed by atoms with E-state index < -0.39 is 6.04 Å². The molecule has 0 spiro atoms. The number of thiazole rings is 1. The van der Waals surface area contributed by atoms with Gasteiger partial charge in [0.1, 0.15) is 11.0 Å². The Balaban J connectivity index is 1.35. The Bertz CT molecular complexity index is 1040. The highest BCUT2D eigenvalue weighted by Crippen LogP contribution is 2.24. The van der Waals surface area contributed by atoms with Gasteiger partial charge < -0.3 is 15.5 Å². The second kappa shape index (κ2) is 9.40. The first-order valence-corrected chi connectivity index (χ1v) is 11.4. The van der Waals surface area contributed by atoms with E-state index in [0.717, 1.165) is 27.2 Å². The smallest absolute Gasteiger partial charge is 0.322 e. The number of carbonyl (C=O) groups is 2. The summed E-state index contributed by atoms with van der Waals surface area (Å²) in [6.45, 7) is 0.909. The number of nitrogens with zero attached hydrogens (tertiary/aromatic N) is 2. The fourth-order valence-electron chi connectivity index (χ4n) is 3.44. The van der Waals surface area contributed by atoms with Gasteiger partial charge in [0.05, 0.1) is 12.2 Å². The van der Waals surface area contributed by atoms with Gasteiger partial charge in [-0.2, -0.15) is 0 Å². The lowest BCUT2D eigenvalue weighted by Gasteiger charge is -2.24. The molecule has 154 valence electrons. The monoisotopic (exact) mass is 484 g/mol. The zero-order valence-electron chi connectivity index (χ0n) is 16.2. The molecule has 1 saturated heterocycles. The van der Waals surface area contributed by atoms with Gasteiger partial charge >= 0.3 is 6.03 Å². The van der Waals surface area contributed by atoms with E-state index in [0.29, 0.717) is 25.2 Å². The van der Waals surface area contributed by atoms with Gasteiger partial charge in [0.2, 0.25) is 5.91 Å². The van der Waals surface area contributed by atoms with Crippen molar-refractivity contribution in [2.24, 2.45) is 0 Å². The van der Waals surface area contributed by atoms with Crippen LogP contribution in [0.5, 0.6) is 0 Å². The third kappa shape index (κ3) is 4.88. The quantitative estimate of drug-likeness (QED) is 0.541. The lowest BCUT2D eigenvalue weighted by Crippen LogP contribution is -2.47. The summed E-state index contributed by atoms with van der Waals surface area (Å²) in [7, 11) is 0. The highest BCUT2D eigenvalue weighted by atomic mass is 79.9. The number of hydrogen-bond acceptors (Lipinski definition) is 4. The topological polar surface area (TPSA) is 74.3 Å². The van der Waals surface area contributed by atoms with Crippen LogP contribution in [0.1, 0.15) is 18.5 Å². The molecular formula is C22H21BrN4O2S. The van der Waals surface area contributed by atoms with E-state index in [1.54, 1.807) is 16.2 Å². The number of nitrogens with one attached hydrogen (secondary N) is 2. The first-order chi connectivity index (χ1) is 14.6. The van der Waals surface area contributed by atoms with Crippen molar-refractivity contribution in [2.45, 2.75) is 25.4 Å². The minimum Gasteiger partial charge on any atom is -0.349 e. The summed E-state index contributed by atoms with van der Waals surface area (Å²) in [6, 6.07) is 16.6. The minimum absolute atomic E-state index is 0.147. The molecule has 1 aliphatic heterocycles. The molecule has 2 aromatic carbocycles. The lowest BCUT2D eigenvalue weighted by molar-refractivity contribution is -0.124. The number of urea groups is 1. The minimum atomic E-state index is -0.468. The van der Waals surface area contributed by atoms with Crippen LogP contribution in [0.15, 0.2) is 64.5 Å². The molecule has 0 aliphatic carbocycles. The predicted octanol–water partition coefficient (Wildman–Crippen LogP) is 4.89. The fourth-order valence-corrected chi connectivity index (χ4v) is 4.67. The number of carbonyl (C=O) groups excluding carboxylic acids is 2. The van der Waals surface area contributed by atoms with Crippen molar-refractivity contribution in [1.82, 2.24) is 15.2 Å². The van der Waals surface area contributed by atoms with Crippen molar-refractivity contribution in [3.63, 3.8) is 0 Å². The van der Waals surface area contributed by atoms with Crippen molar-refractivity contribution >= 4 is 44.9 Å². The van der Waals surface area contributed by atoms with Crippen LogP contribution in [0, 0.1) is 0 Å². The van der Waals surface area contributed by atoms with Crippen molar-refractivity contribution in [3.05, 3.63) is 70.1 Å².